The molecule has 2 rings (SSSR count). The molecule has 0 radical (unpaired) electrons. The van der Waals surface area contributed by atoms with Crippen LogP contribution in [0, 0.1) is 0 Å². The van der Waals surface area contributed by atoms with Gasteiger partial charge in [0, 0.05) is 38.5 Å². The standard InChI is InChI=1S/C18H23BrF3N3O3S/c1-11(26)29-10-13-9-24(16(27)28-17(2,3)4)5-6-25(13)15-14(19)7-12(8-23-15)18(20,21)22/h7-8,13H,5-6,9-10H2,1-4H3/t13-/m0/s1. The van der Waals surface area contributed by atoms with Crippen LogP contribution in [0.5, 0.6) is 0 Å². The summed E-state index contributed by atoms with van der Waals surface area (Å²) in [6.45, 7) is 7.69. The van der Waals surface area contributed by atoms with Gasteiger partial charge in [0.1, 0.15) is 11.4 Å². The summed E-state index contributed by atoms with van der Waals surface area (Å²) < 4.78 is 44.4. The van der Waals surface area contributed by atoms with Crippen molar-refractivity contribution in [3.8, 4) is 0 Å². The molecule has 1 aliphatic rings. The Hall–Kier alpha value is -1.49. The van der Waals surface area contributed by atoms with E-state index in [0.29, 0.717) is 24.7 Å². The molecule has 0 N–H and O–H groups in total. The first kappa shape index (κ1) is 23.8. The number of carbonyl (C=O) groups is 2. The number of alkyl halides is 3. The second-order valence-electron chi connectivity index (χ2n) is 7.60. The third-order valence-electron chi connectivity index (χ3n) is 4.03. The molecule has 0 bridgehead atoms. The zero-order valence-corrected chi connectivity index (χ0v) is 18.9. The number of hydrogen-bond donors (Lipinski definition) is 0. The van der Waals surface area contributed by atoms with Gasteiger partial charge in [0.15, 0.2) is 5.12 Å². The van der Waals surface area contributed by atoms with Crippen LogP contribution in [0.15, 0.2) is 16.7 Å². The van der Waals surface area contributed by atoms with Crippen molar-refractivity contribution in [2.24, 2.45) is 0 Å². The SMILES string of the molecule is CC(=O)SC[C@@H]1CN(C(=O)OC(C)(C)C)CCN1c1ncc(C(F)(F)F)cc1Br. The van der Waals surface area contributed by atoms with Crippen LogP contribution in [0.2, 0.25) is 0 Å². The molecule has 1 aromatic heterocycles. The summed E-state index contributed by atoms with van der Waals surface area (Å²) >= 11 is 4.28. The number of pyridine rings is 1. The molecule has 29 heavy (non-hydrogen) atoms. The van der Waals surface area contributed by atoms with Gasteiger partial charge in [-0.3, -0.25) is 4.79 Å². The van der Waals surface area contributed by atoms with Crippen molar-refractivity contribution < 1.29 is 27.5 Å². The Kier molecular flexibility index (Phi) is 7.47. The predicted molar refractivity (Wildman–Crippen MR) is 109 cm³/mol. The minimum Gasteiger partial charge on any atom is -0.444 e. The number of ether oxygens (including phenoxy) is 1. The lowest BCUT2D eigenvalue weighted by atomic mass is 10.1. The van der Waals surface area contributed by atoms with E-state index in [2.05, 4.69) is 20.9 Å². The lowest BCUT2D eigenvalue weighted by molar-refractivity contribution is -0.137. The van der Waals surface area contributed by atoms with Crippen molar-refractivity contribution in [1.29, 1.82) is 0 Å². The Labute approximate surface area is 180 Å². The molecule has 0 unspecified atom stereocenters. The minimum atomic E-state index is -4.49. The summed E-state index contributed by atoms with van der Waals surface area (Å²) in [4.78, 5) is 31.2. The molecule has 0 spiro atoms. The van der Waals surface area contributed by atoms with Gasteiger partial charge in [-0.15, -0.1) is 0 Å². The number of amides is 1. The van der Waals surface area contributed by atoms with E-state index in [1.54, 1.807) is 25.7 Å². The van der Waals surface area contributed by atoms with Gasteiger partial charge in [-0.25, -0.2) is 9.78 Å². The van der Waals surface area contributed by atoms with Crippen molar-refractivity contribution in [2.45, 2.75) is 45.5 Å². The van der Waals surface area contributed by atoms with Gasteiger partial charge < -0.3 is 14.5 Å². The van der Waals surface area contributed by atoms with E-state index in [1.165, 1.54) is 6.92 Å². The zero-order valence-electron chi connectivity index (χ0n) is 16.5. The van der Waals surface area contributed by atoms with E-state index in [0.717, 1.165) is 24.0 Å². The second kappa shape index (κ2) is 9.11. The van der Waals surface area contributed by atoms with Crippen LogP contribution in [0.25, 0.3) is 0 Å². The average molecular weight is 498 g/mol. The van der Waals surface area contributed by atoms with Gasteiger partial charge >= 0.3 is 12.3 Å². The molecule has 1 saturated heterocycles. The zero-order chi connectivity index (χ0) is 22.0. The molecule has 6 nitrogen and oxygen atoms in total. The number of aromatic nitrogens is 1. The van der Waals surface area contributed by atoms with E-state index in [-0.39, 0.29) is 22.2 Å². The van der Waals surface area contributed by atoms with Crippen LogP contribution < -0.4 is 4.90 Å². The largest absolute Gasteiger partial charge is 0.444 e. The highest BCUT2D eigenvalue weighted by Crippen LogP contribution is 2.35. The third kappa shape index (κ3) is 6.77. The Bertz CT molecular complexity index is 771. The molecule has 11 heteroatoms. The van der Waals surface area contributed by atoms with Gasteiger partial charge in [-0.1, -0.05) is 11.8 Å². The maximum atomic E-state index is 12.9. The highest BCUT2D eigenvalue weighted by atomic mass is 79.9. The van der Waals surface area contributed by atoms with Gasteiger partial charge in [0.2, 0.25) is 0 Å². The first-order valence-electron chi connectivity index (χ1n) is 8.88. The number of thioether (sulfide) groups is 1. The summed E-state index contributed by atoms with van der Waals surface area (Å²) in [5, 5.41) is -0.0845. The fourth-order valence-electron chi connectivity index (χ4n) is 2.78. The third-order valence-corrected chi connectivity index (χ3v) is 5.58. The monoisotopic (exact) mass is 497 g/mol. The first-order valence-corrected chi connectivity index (χ1v) is 10.7. The summed E-state index contributed by atoms with van der Waals surface area (Å²) in [6, 6.07) is 0.670. The smallest absolute Gasteiger partial charge is 0.417 e. The average Bonchev–Trinajstić information content (AvgIpc) is 2.57. The lowest BCUT2D eigenvalue weighted by Crippen LogP contribution is -2.57. The van der Waals surface area contributed by atoms with E-state index in [4.69, 9.17) is 4.74 Å². The maximum Gasteiger partial charge on any atom is 0.417 e. The molecule has 0 aliphatic carbocycles. The lowest BCUT2D eigenvalue weighted by Gasteiger charge is -2.42. The Morgan fingerprint density at radius 1 is 1.31 bits per heavy atom. The molecule has 162 valence electrons. The Morgan fingerprint density at radius 2 is 1.97 bits per heavy atom. The molecule has 1 aromatic rings. The molecule has 2 heterocycles. The van der Waals surface area contributed by atoms with Crippen LogP contribution in [0.4, 0.5) is 23.8 Å². The summed E-state index contributed by atoms with van der Waals surface area (Å²) in [7, 11) is 0. The number of hydrogen-bond acceptors (Lipinski definition) is 6. The van der Waals surface area contributed by atoms with Crippen LogP contribution in [-0.2, 0) is 15.7 Å². The number of rotatable bonds is 3. The van der Waals surface area contributed by atoms with Gasteiger partial charge in [0.05, 0.1) is 16.1 Å². The second-order valence-corrected chi connectivity index (χ2v) is 9.65. The molecule has 1 atom stereocenters. The highest BCUT2D eigenvalue weighted by Gasteiger charge is 2.35. The predicted octanol–water partition coefficient (Wildman–Crippen LogP) is 4.57. The van der Waals surface area contributed by atoms with Gasteiger partial charge in [-0.2, -0.15) is 13.2 Å². The van der Waals surface area contributed by atoms with Crippen molar-refractivity contribution in [2.75, 3.05) is 30.3 Å². The van der Waals surface area contributed by atoms with Crippen LogP contribution in [0.3, 0.4) is 0 Å². The van der Waals surface area contributed by atoms with E-state index in [1.807, 2.05) is 4.90 Å². The van der Waals surface area contributed by atoms with Crippen LogP contribution >= 0.6 is 27.7 Å². The number of carbonyl (C=O) groups excluding carboxylic acids is 2. The normalized spacial score (nSPS) is 18.0. The van der Waals surface area contributed by atoms with Crippen molar-refractivity contribution in [3.05, 3.63) is 22.3 Å². The summed E-state index contributed by atoms with van der Waals surface area (Å²) in [5.41, 5.74) is -1.49. The van der Waals surface area contributed by atoms with Crippen molar-refractivity contribution in [1.82, 2.24) is 9.88 Å². The van der Waals surface area contributed by atoms with Crippen molar-refractivity contribution in [3.63, 3.8) is 0 Å². The van der Waals surface area contributed by atoms with E-state index >= 15 is 0 Å². The quantitative estimate of drug-likeness (QED) is 0.609. The topological polar surface area (TPSA) is 62.7 Å². The molecular weight excluding hydrogens is 475 g/mol. The maximum absolute atomic E-state index is 12.9. The highest BCUT2D eigenvalue weighted by molar-refractivity contribution is 9.10. The molecule has 1 fully saturated rings. The number of nitrogens with zero attached hydrogens (tertiary/aromatic N) is 3. The molecule has 0 aromatic carbocycles. The van der Waals surface area contributed by atoms with Crippen LogP contribution in [0.1, 0.15) is 33.3 Å². The fraction of sp³-hybridized carbons (Fsp3) is 0.611. The number of anilines is 1. The molecule has 0 saturated carbocycles. The Balaban J connectivity index is 2.24. The molecule has 1 amide bonds. The van der Waals surface area contributed by atoms with Gasteiger partial charge in [-0.05, 0) is 42.8 Å². The number of halogens is 4. The Morgan fingerprint density at radius 3 is 2.48 bits per heavy atom. The minimum absolute atomic E-state index is 0.0845. The van der Waals surface area contributed by atoms with E-state index < -0.39 is 23.4 Å². The molecular formula is C18H23BrF3N3O3S. The fourth-order valence-corrected chi connectivity index (χ4v) is 4.07. The first-order chi connectivity index (χ1) is 13.3. The van der Waals surface area contributed by atoms with E-state index in [9.17, 15) is 22.8 Å². The summed E-state index contributed by atoms with van der Waals surface area (Å²) in [6.07, 6.45) is -4.17. The number of piperazine rings is 1. The van der Waals surface area contributed by atoms with Gasteiger partial charge in [0.25, 0.3) is 0 Å². The molecule has 1 aliphatic heterocycles. The van der Waals surface area contributed by atoms with Crippen molar-refractivity contribution >= 4 is 44.7 Å². The van der Waals surface area contributed by atoms with Crippen LogP contribution in [-0.4, -0.2) is 58.1 Å². The summed E-state index contributed by atoms with van der Waals surface area (Å²) in [5.74, 6) is 0.708.